The van der Waals surface area contributed by atoms with Crippen LogP contribution in [0.5, 0.6) is 0 Å². The van der Waals surface area contributed by atoms with Crippen molar-refractivity contribution in [2.24, 2.45) is 0 Å². The van der Waals surface area contributed by atoms with Crippen molar-refractivity contribution in [2.45, 2.75) is 322 Å². The van der Waals surface area contributed by atoms with E-state index in [2.05, 4.69) is 86.8 Å². The van der Waals surface area contributed by atoms with Crippen molar-refractivity contribution in [2.75, 3.05) is 47.5 Å². The van der Waals surface area contributed by atoms with Gasteiger partial charge in [0.2, 0.25) is 0 Å². The van der Waals surface area contributed by atoms with Crippen LogP contribution >= 0.6 is 0 Å². The molecule has 0 bridgehead atoms. The number of carbonyl (C=O) groups is 3. The molecular weight excluding hydrogens is 1010 g/mol. The van der Waals surface area contributed by atoms with Gasteiger partial charge in [0.1, 0.15) is 13.2 Å². The third kappa shape index (κ3) is 64.1. The molecule has 81 heavy (non-hydrogen) atoms. The first kappa shape index (κ1) is 77.7. The van der Waals surface area contributed by atoms with E-state index in [1.165, 1.54) is 193 Å². The monoisotopic (exact) mass is 1140 g/mol. The Labute approximate surface area is 500 Å². The minimum atomic E-state index is -1.52. The molecule has 0 aliphatic rings. The first-order valence-corrected chi connectivity index (χ1v) is 34.1. The van der Waals surface area contributed by atoms with Crippen LogP contribution in [0.25, 0.3) is 0 Å². The first-order valence-electron chi connectivity index (χ1n) is 34.1. The standard InChI is InChI=1S/C72H129NO8/c1-6-8-10-12-14-16-18-20-22-24-26-28-29-30-31-32-33-34-35-36-37-38-39-40-41-43-44-46-48-50-52-54-56-58-60-62-69(74)79-66-68(67-80-72(71(76)77)78-65-64-73(3,4)5)81-70(75)63-61-59-57-55-53-51-49-47-45-42-27-25-23-21-19-17-15-13-11-9-7-2/h9,11,15,17,21,23-24,26-27,42,47,49,68,72H,6-8,10,12-14,16,18-20,22,25,28-41,43-46,48,50-67H2,1-5H3/p+1/b11-9-,17-15-,23-21-,26-24-,42-27-,49-47-. The van der Waals surface area contributed by atoms with Gasteiger partial charge in [-0.3, -0.25) is 9.59 Å². The van der Waals surface area contributed by atoms with Gasteiger partial charge >= 0.3 is 17.9 Å². The van der Waals surface area contributed by atoms with Crippen LogP contribution in [0.3, 0.4) is 0 Å². The topological polar surface area (TPSA) is 108 Å². The molecule has 470 valence electrons. The number of nitrogens with zero attached hydrogens (tertiary/aromatic N) is 1. The summed E-state index contributed by atoms with van der Waals surface area (Å²) in [7, 11) is 5.97. The Morgan fingerprint density at radius 1 is 0.383 bits per heavy atom. The molecule has 9 nitrogen and oxygen atoms in total. The fourth-order valence-electron chi connectivity index (χ4n) is 9.74. The molecule has 0 aromatic heterocycles. The lowest BCUT2D eigenvalue weighted by Crippen LogP contribution is -2.40. The number of quaternary nitrogens is 1. The first-order chi connectivity index (χ1) is 39.6. The number of carbonyl (C=O) groups excluding carboxylic acids is 2. The Morgan fingerprint density at radius 2 is 0.704 bits per heavy atom. The summed E-state index contributed by atoms with van der Waals surface area (Å²) in [6.45, 7) is 4.77. The summed E-state index contributed by atoms with van der Waals surface area (Å²) < 4.78 is 22.9. The van der Waals surface area contributed by atoms with Gasteiger partial charge in [0.15, 0.2) is 6.10 Å². The molecule has 2 atom stereocenters. The summed E-state index contributed by atoms with van der Waals surface area (Å²) in [6, 6.07) is 0. The van der Waals surface area contributed by atoms with Crippen molar-refractivity contribution in [1.29, 1.82) is 0 Å². The van der Waals surface area contributed by atoms with Gasteiger partial charge in [-0.15, -0.1) is 0 Å². The molecule has 0 rings (SSSR count). The molecule has 0 aliphatic carbocycles. The zero-order valence-corrected chi connectivity index (χ0v) is 53.7. The summed E-state index contributed by atoms with van der Waals surface area (Å²) in [5.41, 5.74) is 0. The number of aliphatic carboxylic acids is 1. The molecule has 0 aromatic rings. The lowest BCUT2D eigenvalue weighted by molar-refractivity contribution is -0.870. The molecular formula is C72H130NO8+. The van der Waals surface area contributed by atoms with Crippen LogP contribution in [-0.2, 0) is 33.3 Å². The minimum Gasteiger partial charge on any atom is -0.477 e. The van der Waals surface area contributed by atoms with Gasteiger partial charge in [-0.05, 0) is 83.5 Å². The molecule has 1 N–H and O–H groups in total. The maximum absolute atomic E-state index is 12.9. The molecule has 0 radical (unpaired) electrons. The molecule has 0 saturated heterocycles. The zero-order chi connectivity index (χ0) is 59.1. The highest BCUT2D eigenvalue weighted by Gasteiger charge is 2.25. The van der Waals surface area contributed by atoms with Crippen LogP contribution in [0.2, 0.25) is 0 Å². The van der Waals surface area contributed by atoms with Gasteiger partial charge in [0.25, 0.3) is 6.29 Å². The molecule has 0 aliphatic heterocycles. The summed E-state index contributed by atoms with van der Waals surface area (Å²) in [5.74, 6) is -2.02. The average molecular weight is 1140 g/mol. The number of likely N-dealkylation sites (N-methyl/N-ethyl adjacent to an activating group) is 1. The SMILES string of the molecule is CC/C=C\C/C=C\C/C=C\C/C=C\C/C=C\CCCCCCCC(=O)OC(COC(=O)CCCCCCCCCCCCCCCCCCCCCCCCC/C=C\CCCCCCCCCC)COC(OCC[N+](C)(C)C)C(=O)O. The van der Waals surface area contributed by atoms with Crippen LogP contribution < -0.4 is 0 Å². The summed E-state index contributed by atoms with van der Waals surface area (Å²) in [4.78, 5) is 37.5. The largest absolute Gasteiger partial charge is 0.477 e. The van der Waals surface area contributed by atoms with Crippen LogP contribution in [0.15, 0.2) is 72.9 Å². The number of hydrogen-bond acceptors (Lipinski definition) is 7. The molecule has 0 fully saturated rings. The molecule has 0 saturated carbocycles. The second-order valence-electron chi connectivity index (χ2n) is 24.1. The van der Waals surface area contributed by atoms with Crippen molar-refractivity contribution in [3.8, 4) is 0 Å². The number of carboxylic acid groups (broad SMARTS) is 1. The van der Waals surface area contributed by atoms with Crippen LogP contribution in [-0.4, -0.2) is 87.4 Å². The van der Waals surface area contributed by atoms with Gasteiger partial charge in [-0.2, -0.15) is 0 Å². The number of allylic oxidation sites excluding steroid dienone is 12. The second-order valence-corrected chi connectivity index (χ2v) is 24.1. The predicted molar refractivity (Wildman–Crippen MR) is 346 cm³/mol. The highest BCUT2D eigenvalue weighted by molar-refractivity contribution is 5.71. The number of ether oxygens (including phenoxy) is 4. The van der Waals surface area contributed by atoms with E-state index in [1.807, 2.05) is 21.1 Å². The third-order valence-electron chi connectivity index (χ3n) is 14.9. The van der Waals surface area contributed by atoms with E-state index < -0.39 is 24.3 Å². The smallest absolute Gasteiger partial charge is 0.361 e. The Morgan fingerprint density at radius 3 is 1.06 bits per heavy atom. The Bertz CT molecular complexity index is 1560. The van der Waals surface area contributed by atoms with Gasteiger partial charge in [0, 0.05) is 12.8 Å². The fourth-order valence-corrected chi connectivity index (χ4v) is 9.74. The fraction of sp³-hybridized carbons (Fsp3) is 0.792. The zero-order valence-electron chi connectivity index (χ0n) is 53.7. The quantitative estimate of drug-likeness (QED) is 0.0211. The molecule has 0 aromatic carbocycles. The van der Waals surface area contributed by atoms with Gasteiger partial charge in [-0.25, -0.2) is 4.79 Å². The number of carboxylic acids is 1. The van der Waals surface area contributed by atoms with Crippen molar-refractivity contribution in [3.05, 3.63) is 72.9 Å². The molecule has 0 amide bonds. The minimum absolute atomic E-state index is 0.182. The maximum atomic E-state index is 12.9. The Balaban J connectivity index is 4.06. The average Bonchev–Trinajstić information content (AvgIpc) is 3.44. The number of unbranched alkanes of at least 4 members (excludes halogenated alkanes) is 36. The molecule has 2 unspecified atom stereocenters. The highest BCUT2D eigenvalue weighted by atomic mass is 16.7. The maximum Gasteiger partial charge on any atom is 0.361 e. The van der Waals surface area contributed by atoms with E-state index in [4.69, 9.17) is 18.9 Å². The third-order valence-corrected chi connectivity index (χ3v) is 14.9. The summed E-state index contributed by atoms with van der Waals surface area (Å²) in [5, 5.41) is 9.73. The van der Waals surface area contributed by atoms with Crippen molar-refractivity contribution in [1.82, 2.24) is 0 Å². The van der Waals surface area contributed by atoms with Crippen LogP contribution in [0.1, 0.15) is 309 Å². The lowest BCUT2D eigenvalue weighted by atomic mass is 10.0. The second kappa shape index (κ2) is 62.8. The normalized spacial score (nSPS) is 13.1. The Kier molecular flexibility index (Phi) is 60.2. The lowest BCUT2D eigenvalue weighted by Gasteiger charge is -2.25. The molecule has 9 heteroatoms. The molecule has 0 spiro atoms. The highest BCUT2D eigenvalue weighted by Crippen LogP contribution is 2.18. The van der Waals surface area contributed by atoms with Crippen molar-refractivity contribution >= 4 is 17.9 Å². The number of hydrogen-bond donors (Lipinski definition) is 1. The molecule has 0 heterocycles. The van der Waals surface area contributed by atoms with E-state index in [1.54, 1.807) is 0 Å². The van der Waals surface area contributed by atoms with E-state index in [-0.39, 0.29) is 32.2 Å². The van der Waals surface area contributed by atoms with Crippen LogP contribution in [0.4, 0.5) is 0 Å². The predicted octanol–water partition coefficient (Wildman–Crippen LogP) is 20.9. The van der Waals surface area contributed by atoms with E-state index in [9.17, 15) is 19.5 Å². The summed E-state index contributed by atoms with van der Waals surface area (Å²) in [6.07, 6.45) is 80.3. The van der Waals surface area contributed by atoms with Crippen LogP contribution in [0, 0.1) is 0 Å². The van der Waals surface area contributed by atoms with Gasteiger partial charge in [0.05, 0.1) is 34.4 Å². The van der Waals surface area contributed by atoms with Gasteiger partial charge < -0.3 is 28.5 Å². The van der Waals surface area contributed by atoms with E-state index in [0.29, 0.717) is 23.9 Å². The number of esters is 2. The van der Waals surface area contributed by atoms with E-state index >= 15 is 0 Å². The van der Waals surface area contributed by atoms with Crippen molar-refractivity contribution in [3.63, 3.8) is 0 Å². The van der Waals surface area contributed by atoms with Crippen molar-refractivity contribution < 1.29 is 42.9 Å². The van der Waals surface area contributed by atoms with Gasteiger partial charge in [-0.1, -0.05) is 286 Å². The Hall–Kier alpha value is -3.27. The summed E-state index contributed by atoms with van der Waals surface area (Å²) >= 11 is 0. The number of rotatable bonds is 63. The van der Waals surface area contributed by atoms with E-state index in [0.717, 1.165) is 83.5 Å².